The Kier molecular flexibility index (Phi) is 3.51. The molecule has 3 heteroatoms. The van der Waals surface area contributed by atoms with Crippen molar-refractivity contribution in [2.24, 2.45) is 0 Å². The van der Waals surface area contributed by atoms with E-state index in [-0.39, 0.29) is 5.63 Å². The Hall–Kier alpha value is -1.51. The second kappa shape index (κ2) is 4.65. The van der Waals surface area contributed by atoms with Crippen LogP contribution >= 0.6 is 0 Å². The molecule has 0 unspecified atom stereocenters. The second-order valence-corrected chi connectivity index (χ2v) is 2.94. The van der Waals surface area contributed by atoms with Gasteiger partial charge in [0.1, 0.15) is 11.5 Å². The molecule has 3 nitrogen and oxygen atoms in total. The van der Waals surface area contributed by atoms with Gasteiger partial charge in [0.05, 0.1) is 13.2 Å². The summed E-state index contributed by atoms with van der Waals surface area (Å²) in [6, 6.07) is 1.37. The zero-order valence-electron chi connectivity index (χ0n) is 8.66. The number of aryl methyl sites for hydroxylation is 1. The highest BCUT2D eigenvalue weighted by atomic mass is 16.5. The van der Waals surface area contributed by atoms with Gasteiger partial charge in [-0.15, -0.1) is 0 Å². The van der Waals surface area contributed by atoms with Gasteiger partial charge < -0.3 is 9.15 Å². The van der Waals surface area contributed by atoms with E-state index in [1.54, 1.807) is 14.0 Å². The first-order chi connectivity index (χ1) is 6.69. The molecule has 0 saturated carbocycles. The number of methoxy groups -OCH3 is 1. The lowest BCUT2D eigenvalue weighted by Crippen LogP contribution is -2.04. The molecule has 1 heterocycles. The molecular weight excluding hydrogens is 180 g/mol. The summed E-state index contributed by atoms with van der Waals surface area (Å²) in [5.74, 6) is 1.21. The first-order valence-corrected chi connectivity index (χ1v) is 4.47. The molecule has 76 valence electrons. The lowest BCUT2D eigenvalue weighted by atomic mass is 10.1. The molecule has 0 radical (unpaired) electrons. The monoisotopic (exact) mass is 194 g/mol. The van der Waals surface area contributed by atoms with Gasteiger partial charge in [0.2, 0.25) is 0 Å². The standard InChI is InChI=1S/C11H14O3/c1-4-5-6-9-8(2)14-11(12)7-10(9)13-3/h4-5,7H,6H2,1-3H3/b5-4-. The molecule has 0 saturated heterocycles. The molecule has 1 aromatic heterocycles. The molecule has 0 aliphatic carbocycles. The Morgan fingerprint density at radius 3 is 2.86 bits per heavy atom. The van der Waals surface area contributed by atoms with Crippen LogP contribution in [0.2, 0.25) is 0 Å². The van der Waals surface area contributed by atoms with Gasteiger partial charge in [0.15, 0.2) is 0 Å². The maximum absolute atomic E-state index is 11.0. The summed E-state index contributed by atoms with van der Waals surface area (Å²) in [5.41, 5.74) is 0.550. The van der Waals surface area contributed by atoms with Gasteiger partial charge in [-0.3, -0.25) is 0 Å². The highest BCUT2D eigenvalue weighted by molar-refractivity contribution is 5.35. The first-order valence-electron chi connectivity index (χ1n) is 4.47. The SMILES string of the molecule is C/C=C\Cc1c(OC)cc(=O)oc1C. The van der Waals surface area contributed by atoms with Crippen LogP contribution in [-0.4, -0.2) is 7.11 Å². The summed E-state index contributed by atoms with van der Waals surface area (Å²) < 4.78 is 10.1. The van der Waals surface area contributed by atoms with Crippen LogP contribution in [0.25, 0.3) is 0 Å². The van der Waals surface area contributed by atoms with Crippen molar-refractivity contribution in [3.63, 3.8) is 0 Å². The van der Waals surface area contributed by atoms with E-state index in [4.69, 9.17) is 9.15 Å². The zero-order valence-corrected chi connectivity index (χ0v) is 8.66. The third kappa shape index (κ3) is 2.25. The highest BCUT2D eigenvalue weighted by Gasteiger charge is 2.08. The van der Waals surface area contributed by atoms with Gasteiger partial charge in [-0.25, -0.2) is 4.79 Å². The molecule has 14 heavy (non-hydrogen) atoms. The maximum atomic E-state index is 11.0. The fourth-order valence-corrected chi connectivity index (χ4v) is 1.27. The van der Waals surface area contributed by atoms with E-state index in [0.717, 1.165) is 12.0 Å². The van der Waals surface area contributed by atoms with E-state index in [1.807, 2.05) is 19.1 Å². The molecule has 0 spiro atoms. The Morgan fingerprint density at radius 2 is 2.29 bits per heavy atom. The van der Waals surface area contributed by atoms with E-state index in [2.05, 4.69) is 0 Å². The normalized spacial score (nSPS) is 10.8. The molecule has 0 bridgehead atoms. The summed E-state index contributed by atoms with van der Waals surface area (Å²) >= 11 is 0. The van der Waals surface area contributed by atoms with Crippen LogP contribution in [-0.2, 0) is 6.42 Å². The van der Waals surface area contributed by atoms with Crippen LogP contribution < -0.4 is 10.4 Å². The van der Waals surface area contributed by atoms with Gasteiger partial charge in [-0.2, -0.15) is 0 Å². The third-order valence-corrected chi connectivity index (χ3v) is 2.00. The molecule has 0 aliphatic rings. The van der Waals surface area contributed by atoms with Gasteiger partial charge in [0.25, 0.3) is 0 Å². The second-order valence-electron chi connectivity index (χ2n) is 2.94. The maximum Gasteiger partial charge on any atom is 0.339 e. The zero-order chi connectivity index (χ0) is 10.6. The highest BCUT2D eigenvalue weighted by Crippen LogP contribution is 2.20. The van der Waals surface area contributed by atoms with Crippen LogP contribution in [0.1, 0.15) is 18.2 Å². The van der Waals surface area contributed by atoms with E-state index in [9.17, 15) is 4.79 Å². The molecule has 0 amide bonds. The van der Waals surface area contributed by atoms with Crippen molar-refractivity contribution in [2.45, 2.75) is 20.3 Å². The average molecular weight is 194 g/mol. The number of hydrogen-bond donors (Lipinski definition) is 0. The number of ether oxygens (including phenoxy) is 1. The van der Waals surface area contributed by atoms with E-state index < -0.39 is 0 Å². The Bertz CT molecular complexity index is 388. The molecule has 1 aromatic rings. The average Bonchev–Trinajstić information content (AvgIpc) is 2.15. The topological polar surface area (TPSA) is 39.4 Å². The number of rotatable bonds is 3. The van der Waals surface area contributed by atoms with Crippen LogP contribution in [0.3, 0.4) is 0 Å². The van der Waals surface area contributed by atoms with Crippen molar-refractivity contribution < 1.29 is 9.15 Å². The van der Waals surface area contributed by atoms with Gasteiger partial charge in [0, 0.05) is 5.56 Å². The minimum atomic E-state index is -0.372. The predicted octanol–water partition coefficient (Wildman–Crippen LogP) is 2.08. The Balaban J connectivity index is 3.18. The summed E-state index contributed by atoms with van der Waals surface area (Å²) in [6.45, 7) is 3.71. The molecule has 0 aliphatic heterocycles. The quantitative estimate of drug-likeness (QED) is 0.691. The van der Waals surface area contributed by atoms with Crippen LogP contribution in [0.5, 0.6) is 5.75 Å². The lowest BCUT2D eigenvalue weighted by molar-refractivity contribution is 0.390. The number of hydrogen-bond acceptors (Lipinski definition) is 3. The predicted molar refractivity (Wildman–Crippen MR) is 54.8 cm³/mol. The van der Waals surface area contributed by atoms with Crippen LogP contribution in [0.4, 0.5) is 0 Å². The van der Waals surface area contributed by atoms with E-state index >= 15 is 0 Å². The van der Waals surface area contributed by atoms with E-state index in [1.165, 1.54) is 6.07 Å². The molecule has 0 aromatic carbocycles. The largest absolute Gasteiger partial charge is 0.496 e. The van der Waals surface area contributed by atoms with Crippen molar-refractivity contribution in [1.29, 1.82) is 0 Å². The number of allylic oxidation sites excluding steroid dienone is 2. The van der Waals surface area contributed by atoms with Crippen LogP contribution in [0.15, 0.2) is 27.4 Å². The summed E-state index contributed by atoms with van der Waals surface area (Å²) in [7, 11) is 1.55. The summed E-state index contributed by atoms with van der Waals surface area (Å²) in [6.07, 6.45) is 4.66. The molecule has 0 atom stereocenters. The third-order valence-electron chi connectivity index (χ3n) is 2.00. The first kappa shape index (κ1) is 10.6. The molecular formula is C11H14O3. The van der Waals surface area contributed by atoms with Crippen molar-refractivity contribution in [1.82, 2.24) is 0 Å². The van der Waals surface area contributed by atoms with Gasteiger partial charge in [-0.05, 0) is 20.3 Å². The van der Waals surface area contributed by atoms with Crippen molar-refractivity contribution in [2.75, 3.05) is 7.11 Å². The molecule has 0 N–H and O–H groups in total. The fraction of sp³-hybridized carbons (Fsp3) is 0.364. The van der Waals surface area contributed by atoms with Crippen molar-refractivity contribution >= 4 is 0 Å². The Morgan fingerprint density at radius 1 is 1.57 bits per heavy atom. The Labute approximate surface area is 83.0 Å². The van der Waals surface area contributed by atoms with Gasteiger partial charge >= 0.3 is 5.63 Å². The molecule has 1 rings (SSSR count). The van der Waals surface area contributed by atoms with Crippen molar-refractivity contribution in [3.8, 4) is 5.75 Å². The fourth-order valence-electron chi connectivity index (χ4n) is 1.27. The minimum absolute atomic E-state index is 0.372. The smallest absolute Gasteiger partial charge is 0.339 e. The minimum Gasteiger partial charge on any atom is -0.496 e. The molecule has 0 fully saturated rings. The van der Waals surface area contributed by atoms with Gasteiger partial charge in [-0.1, -0.05) is 12.2 Å². The summed E-state index contributed by atoms with van der Waals surface area (Å²) in [5, 5.41) is 0. The van der Waals surface area contributed by atoms with Crippen molar-refractivity contribution in [3.05, 3.63) is 40.0 Å². The lowest BCUT2D eigenvalue weighted by Gasteiger charge is -2.07. The van der Waals surface area contributed by atoms with Crippen LogP contribution in [0, 0.1) is 6.92 Å². The van der Waals surface area contributed by atoms with E-state index in [0.29, 0.717) is 11.5 Å². The summed E-state index contributed by atoms with van der Waals surface area (Å²) in [4.78, 5) is 11.0.